The summed E-state index contributed by atoms with van der Waals surface area (Å²) in [4.78, 5) is 19.2. The van der Waals surface area contributed by atoms with Crippen LogP contribution in [-0.2, 0) is 4.79 Å². The second kappa shape index (κ2) is 3.57. The zero-order valence-electron chi connectivity index (χ0n) is 7.73. The van der Waals surface area contributed by atoms with E-state index in [2.05, 4.69) is 9.97 Å². The normalized spacial score (nSPS) is 14.4. The van der Waals surface area contributed by atoms with Gasteiger partial charge in [-0.3, -0.25) is 14.8 Å². The van der Waals surface area contributed by atoms with E-state index in [1.807, 2.05) is 6.08 Å². The fraction of sp³-hybridized carbons (Fsp3) is 0.300. The van der Waals surface area contributed by atoms with Gasteiger partial charge in [-0.2, -0.15) is 0 Å². The zero-order valence-corrected chi connectivity index (χ0v) is 7.73. The van der Waals surface area contributed by atoms with Gasteiger partial charge in [-0.05, 0) is 18.4 Å². The number of fused-ring (bicyclic) bond motifs is 1. The van der Waals surface area contributed by atoms with Crippen molar-refractivity contribution in [3.63, 3.8) is 0 Å². The Bertz CT molecular complexity index is 478. The molecular weight excluding hydrogens is 178 g/mol. The van der Waals surface area contributed by atoms with Gasteiger partial charge in [0.1, 0.15) is 0 Å². The summed E-state index contributed by atoms with van der Waals surface area (Å²) in [6.07, 6.45) is 7.39. The number of aromatic nitrogens is 2. The van der Waals surface area contributed by atoms with Gasteiger partial charge in [-0.1, -0.05) is 6.08 Å². The van der Waals surface area contributed by atoms with Crippen LogP contribution >= 0.6 is 0 Å². The summed E-state index contributed by atoms with van der Waals surface area (Å²) in [7, 11) is 0. The molecule has 1 aromatic rings. The minimum atomic E-state index is -0.307. The summed E-state index contributed by atoms with van der Waals surface area (Å²) in [6, 6.07) is 0. The fourth-order valence-electron chi connectivity index (χ4n) is 1.65. The number of hydrogen-bond donors (Lipinski definition) is 1. The molecule has 2 rings (SSSR count). The minimum absolute atomic E-state index is 0.291. The number of carbonyl (C=O) groups excluding carboxylic acids is 1. The molecule has 4 heteroatoms. The van der Waals surface area contributed by atoms with Crippen LogP contribution in [0.5, 0.6) is 0 Å². The summed E-state index contributed by atoms with van der Waals surface area (Å²) in [5.74, 6) is -0.307. The Hall–Kier alpha value is -1.71. The fourth-order valence-corrected chi connectivity index (χ4v) is 1.65. The molecule has 0 radical (unpaired) electrons. The molecule has 0 bridgehead atoms. The predicted molar refractivity (Wildman–Crippen MR) is 52.2 cm³/mol. The number of primary amides is 1. The highest BCUT2D eigenvalue weighted by Gasteiger charge is 2.08. The molecule has 4 nitrogen and oxygen atoms in total. The van der Waals surface area contributed by atoms with Crippen molar-refractivity contribution in [2.75, 3.05) is 0 Å². The lowest BCUT2D eigenvalue weighted by Crippen LogP contribution is -2.36. The standard InChI is InChI=1S/C10H11N3O/c11-9(14)6-7-2-1-3-8-10(7)13-5-4-12-8/h3-5H,1-2,6H2,(H2,11,14). The van der Waals surface area contributed by atoms with Crippen LogP contribution in [0.25, 0.3) is 11.6 Å². The first-order valence-corrected chi connectivity index (χ1v) is 4.55. The van der Waals surface area contributed by atoms with Crippen molar-refractivity contribution in [1.29, 1.82) is 0 Å². The molecule has 0 aliphatic heterocycles. The average Bonchev–Trinajstić information content (AvgIpc) is 2.18. The maximum atomic E-state index is 10.8. The first kappa shape index (κ1) is 8.87. The zero-order chi connectivity index (χ0) is 9.97. The SMILES string of the molecule is NC(=O)CC1=c2nccnc2=CCC1. The number of amides is 1. The molecule has 1 amide bonds. The number of rotatable bonds is 2. The lowest BCUT2D eigenvalue weighted by molar-refractivity contribution is -0.117. The Morgan fingerprint density at radius 1 is 1.43 bits per heavy atom. The smallest absolute Gasteiger partial charge is 0.221 e. The molecule has 1 heterocycles. The van der Waals surface area contributed by atoms with E-state index in [0.29, 0.717) is 6.42 Å². The molecule has 14 heavy (non-hydrogen) atoms. The average molecular weight is 189 g/mol. The molecule has 72 valence electrons. The molecule has 0 saturated heterocycles. The van der Waals surface area contributed by atoms with Gasteiger partial charge in [0.05, 0.1) is 10.7 Å². The van der Waals surface area contributed by atoms with E-state index in [-0.39, 0.29) is 5.91 Å². The molecule has 0 spiro atoms. The van der Waals surface area contributed by atoms with Crippen molar-refractivity contribution in [3.05, 3.63) is 23.1 Å². The van der Waals surface area contributed by atoms with Gasteiger partial charge in [0, 0.05) is 18.8 Å². The van der Waals surface area contributed by atoms with E-state index in [1.165, 1.54) is 0 Å². The highest BCUT2D eigenvalue weighted by molar-refractivity contribution is 5.82. The molecule has 0 unspecified atom stereocenters. The van der Waals surface area contributed by atoms with Gasteiger partial charge in [-0.25, -0.2) is 0 Å². The van der Waals surface area contributed by atoms with Crippen LogP contribution in [0.1, 0.15) is 19.3 Å². The van der Waals surface area contributed by atoms with Crippen molar-refractivity contribution < 1.29 is 4.79 Å². The Morgan fingerprint density at radius 3 is 3.00 bits per heavy atom. The lowest BCUT2D eigenvalue weighted by Gasteiger charge is -2.07. The van der Waals surface area contributed by atoms with Crippen LogP contribution in [0.4, 0.5) is 0 Å². The van der Waals surface area contributed by atoms with Gasteiger partial charge in [0.15, 0.2) is 0 Å². The molecular formula is C10H11N3O. The van der Waals surface area contributed by atoms with Crippen LogP contribution in [0, 0.1) is 0 Å². The third kappa shape index (κ3) is 1.64. The first-order valence-electron chi connectivity index (χ1n) is 4.55. The van der Waals surface area contributed by atoms with E-state index in [1.54, 1.807) is 12.4 Å². The quantitative estimate of drug-likeness (QED) is 0.654. The van der Waals surface area contributed by atoms with E-state index >= 15 is 0 Å². The van der Waals surface area contributed by atoms with Crippen LogP contribution in [0.3, 0.4) is 0 Å². The molecule has 1 aliphatic rings. The lowest BCUT2D eigenvalue weighted by atomic mass is 10.0. The van der Waals surface area contributed by atoms with Gasteiger partial charge in [-0.15, -0.1) is 0 Å². The Balaban J connectivity index is 2.59. The first-order chi connectivity index (χ1) is 6.77. The molecule has 1 aliphatic carbocycles. The van der Waals surface area contributed by atoms with Crippen molar-refractivity contribution in [2.45, 2.75) is 19.3 Å². The topological polar surface area (TPSA) is 68.9 Å². The largest absolute Gasteiger partial charge is 0.369 e. The van der Waals surface area contributed by atoms with Crippen LogP contribution in [-0.4, -0.2) is 15.9 Å². The van der Waals surface area contributed by atoms with E-state index < -0.39 is 0 Å². The number of nitrogens with two attached hydrogens (primary N) is 1. The molecule has 0 saturated carbocycles. The highest BCUT2D eigenvalue weighted by atomic mass is 16.1. The Labute approximate surface area is 81.2 Å². The summed E-state index contributed by atoms with van der Waals surface area (Å²) >= 11 is 0. The molecule has 0 aromatic carbocycles. The summed E-state index contributed by atoms with van der Waals surface area (Å²) < 4.78 is 0. The monoisotopic (exact) mass is 189 g/mol. The third-order valence-electron chi connectivity index (χ3n) is 2.23. The summed E-state index contributed by atoms with van der Waals surface area (Å²) in [5, 5.41) is 1.70. The van der Waals surface area contributed by atoms with E-state index in [9.17, 15) is 4.79 Å². The second-order valence-electron chi connectivity index (χ2n) is 3.28. The second-order valence-corrected chi connectivity index (χ2v) is 3.28. The highest BCUT2D eigenvalue weighted by Crippen LogP contribution is 2.10. The van der Waals surface area contributed by atoms with Crippen molar-refractivity contribution in [1.82, 2.24) is 9.97 Å². The van der Waals surface area contributed by atoms with Gasteiger partial charge in [0.2, 0.25) is 5.91 Å². The number of carbonyl (C=O) groups is 1. The molecule has 0 fully saturated rings. The van der Waals surface area contributed by atoms with Crippen molar-refractivity contribution in [2.24, 2.45) is 5.73 Å². The third-order valence-corrected chi connectivity index (χ3v) is 2.23. The van der Waals surface area contributed by atoms with Crippen molar-refractivity contribution >= 4 is 17.6 Å². The van der Waals surface area contributed by atoms with Gasteiger partial charge < -0.3 is 5.73 Å². The number of nitrogens with zero attached hydrogens (tertiary/aromatic N) is 2. The van der Waals surface area contributed by atoms with Crippen molar-refractivity contribution in [3.8, 4) is 0 Å². The minimum Gasteiger partial charge on any atom is -0.369 e. The van der Waals surface area contributed by atoms with Gasteiger partial charge in [0.25, 0.3) is 0 Å². The van der Waals surface area contributed by atoms with Gasteiger partial charge >= 0.3 is 0 Å². The number of hydrogen-bond acceptors (Lipinski definition) is 3. The summed E-state index contributed by atoms with van der Waals surface area (Å²) in [6.45, 7) is 0. The molecule has 1 aromatic heterocycles. The van der Waals surface area contributed by atoms with Crippen LogP contribution in [0.2, 0.25) is 0 Å². The van der Waals surface area contributed by atoms with E-state index in [4.69, 9.17) is 5.73 Å². The van der Waals surface area contributed by atoms with Crippen LogP contribution < -0.4 is 16.4 Å². The maximum absolute atomic E-state index is 10.8. The predicted octanol–water partition coefficient (Wildman–Crippen LogP) is -0.923. The molecule has 0 atom stereocenters. The summed E-state index contributed by atoms with van der Waals surface area (Å²) in [5.41, 5.74) is 6.17. The van der Waals surface area contributed by atoms with E-state index in [0.717, 1.165) is 29.1 Å². The Kier molecular flexibility index (Phi) is 2.26. The Morgan fingerprint density at radius 2 is 2.21 bits per heavy atom. The molecule has 2 N–H and O–H groups in total. The van der Waals surface area contributed by atoms with Crippen LogP contribution in [0.15, 0.2) is 12.4 Å². The maximum Gasteiger partial charge on any atom is 0.221 e.